The highest BCUT2D eigenvalue weighted by Gasteiger charge is 2.28. The van der Waals surface area contributed by atoms with Crippen LogP contribution in [0.15, 0.2) is 27.6 Å². The predicted octanol–water partition coefficient (Wildman–Crippen LogP) is 0.578. The number of carbonyl (C=O) groups is 2. The van der Waals surface area contributed by atoms with Gasteiger partial charge in [0.25, 0.3) is 17.4 Å². The summed E-state index contributed by atoms with van der Waals surface area (Å²) < 4.78 is 5.11. The number of amides is 2. The predicted molar refractivity (Wildman–Crippen MR) is 84.8 cm³/mol. The number of nitrogens with zero attached hydrogens (tertiary/aromatic N) is 3. The molecular formula is C16H18N4O4. The van der Waals surface area contributed by atoms with Gasteiger partial charge in [-0.25, -0.2) is 4.98 Å². The molecule has 3 heterocycles. The van der Waals surface area contributed by atoms with E-state index in [-0.39, 0.29) is 23.1 Å². The van der Waals surface area contributed by atoms with Gasteiger partial charge in [-0.1, -0.05) is 0 Å². The lowest BCUT2D eigenvalue weighted by Crippen LogP contribution is -2.51. The first-order valence-electron chi connectivity index (χ1n) is 7.67. The maximum Gasteiger partial charge on any atom is 0.289 e. The van der Waals surface area contributed by atoms with Gasteiger partial charge in [-0.05, 0) is 26.0 Å². The van der Waals surface area contributed by atoms with E-state index in [9.17, 15) is 14.4 Å². The molecule has 0 aliphatic carbocycles. The fraction of sp³-hybridized carbons (Fsp3) is 0.375. The molecule has 2 amide bonds. The van der Waals surface area contributed by atoms with Gasteiger partial charge < -0.3 is 19.2 Å². The molecule has 1 N–H and O–H groups in total. The second-order valence-corrected chi connectivity index (χ2v) is 5.67. The number of aryl methyl sites for hydroxylation is 2. The van der Waals surface area contributed by atoms with E-state index in [1.807, 2.05) is 0 Å². The standard InChI is InChI=1S/C16H18N4O4/c1-10-13(14(21)18-11(2)17-10)16(23)20-7-5-19(6-8-20)15(22)12-4-3-9-24-12/h3-4,9H,5-8H2,1-2H3,(H,17,18,21). The van der Waals surface area contributed by atoms with Gasteiger partial charge in [0, 0.05) is 26.2 Å². The monoisotopic (exact) mass is 330 g/mol. The lowest BCUT2D eigenvalue weighted by molar-refractivity contribution is 0.0516. The third-order valence-electron chi connectivity index (χ3n) is 4.02. The Bertz CT molecular complexity index is 817. The second kappa shape index (κ2) is 6.31. The molecule has 1 aliphatic rings. The van der Waals surface area contributed by atoms with Gasteiger partial charge in [-0.3, -0.25) is 14.4 Å². The van der Waals surface area contributed by atoms with Crippen molar-refractivity contribution < 1.29 is 14.0 Å². The third-order valence-corrected chi connectivity index (χ3v) is 4.02. The maximum absolute atomic E-state index is 12.6. The molecule has 0 saturated carbocycles. The normalized spacial score (nSPS) is 14.8. The van der Waals surface area contributed by atoms with Crippen molar-refractivity contribution in [3.05, 3.63) is 51.6 Å². The Labute approximate surface area is 138 Å². The van der Waals surface area contributed by atoms with E-state index in [2.05, 4.69) is 9.97 Å². The first-order chi connectivity index (χ1) is 11.5. The van der Waals surface area contributed by atoms with Crippen LogP contribution in [-0.2, 0) is 0 Å². The fourth-order valence-corrected chi connectivity index (χ4v) is 2.81. The topological polar surface area (TPSA) is 99.5 Å². The SMILES string of the molecule is Cc1nc(C)c(C(=O)N2CCN(C(=O)c3ccco3)CC2)c(=O)[nH]1. The molecule has 1 fully saturated rings. The smallest absolute Gasteiger partial charge is 0.289 e. The van der Waals surface area contributed by atoms with Crippen molar-refractivity contribution in [3.63, 3.8) is 0 Å². The zero-order valence-corrected chi connectivity index (χ0v) is 13.5. The van der Waals surface area contributed by atoms with Gasteiger partial charge in [0.15, 0.2) is 5.76 Å². The minimum Gasteiger partial charge on any atom is -0.459 e. The Kier molecular flexibility index (Phi) is 4.20. The highest BCUT2D eigenvalue weighted by Crippen LogP contribution is 2.12. The number of piperazine rings is 1. The van der Waals surface area contributed by atoms with Gasteiger partial charge >= 0.3 is 0 Å². The second-order valence-electron chi connectivity index (χ2n) is 5.67. The van der Waals surface area contributed by atoms with E-state index in [1.165, 1.54) is 6.26 Å². The molecule has 3 rings (SSSR count). The molecule has 24 heavy (non-hydrogen) atoms. The van der Waals surface area contributed by atoms with Crippen LogP contribution >= 0.6 is 0 Å². The van der Waals surface area contributed by atoms with E-state index in [0.29, 0.717) is 37.7 Å². The molecule has 0 radical (unpaired) electrons. The van der Waals surface area contributed by atoms with Crippen LogP contribution in [-0.4, -0.2) is 57.8 Å². The summed E-state index contributed by atoms with van der Waals surface area (Å²) in [5, 5.41) is 0. The Balaban J connectivity index is 1.70. The summed E-state index contributed by atoms with van der Waals surface area (Å²) in [7, 11) is 0. The molecule has 1 saturated heterocycles. The van der Waals surface area contributed by atoms with Crippen molar-refractivity contribution in [3.8, 4) is 0 Å². The van der Waals surface area contributed by atoms with Gasteiger partial charge in [0.05, 0.1) is 12.0 Å². The van der Waals surface area contributed by atoms with Crippen LogP contribution in [0.25, 0.3) is 0 Å². The number of nitrogens with one attached hydrogen (secondary N) is 1. The third kappa shape index (κ3) is 2.94. The van der Waals surface area contributed by atoms with Crippen LogP contribution < -0.4 is 5.56 Å². The van der Waals surface area contributed by atoms with Crippen molar-refractivity contribution in [1.82, 2.24) is 19.8 Å². The summed E-state index contributed by atoms with van der Waals surface area (Å²) >= 11 is 0. The molecular weight excluding hydrogens is 312 g/mol. The van der Waals surface area contributed by atoms with Gasteiger partial charge in [-0.2, -0.15) is 0 Å². The highest BCUT2D eigenvalue weighted by atomic mass is 16.3. The fourth-order valence-electron chi connectivity index (χ4n) is 2.81. The first-order valence-corrected chi connectivity index (χ1v) is 7.67. The van der Waals surface area contributed by atoms with Gasteiger partial charge in [-0.15, -0.1) is 0 Å². The molecule has 0 atom stereocenters. The summed E-state index contributed by atoms with van der Waals surface area (Å²) in [6, 6.07) is 3.27. The highest BCUT2D eigenvalue weighted by molar-refractivity contribution is 5.95. The molecule has 1 aliphatic heterocycles. The molecule has 0 bridgehead atoms. The molecule has 2 aromatic heterocycles. The summed E-state index contributed by atoms with van der Waals surface area (Å²) in [6.07, 6.45) is 1.45. The number of hydrogen-bond donors (Lipinski definition) is 1. The molecule has 8 nitrogen and oxygen atoms in total. The van der Waals surface area contributed by atoms with Gasteiger partial charge in [0.1, 0.15) is 11.4 Å². The van der Waals surface area contributed by atoms with Crippen molar-refractivity contribution in [2.24, 2.45) is 0 Å². The van der Waals surface area contributed by atoms with Crippen molar-refractivity contribution in [1.29, 1.82) is 0 Å². The Morgan fingerprint density at radius 1 is 1.12 bits per heavy atom. The summed E-state index contributed by atoms with van der Waals surface area (Å²) in [5.41, 5.74) is 0.0424. The minimum absolute atomic E-state index is 0.0615. The number of rotatable bonds is 2. The molecule has 0 unspecified atom stereocenters. The quantitative estimate of drug-likeness (QED) is 0.868. The van der Waals surface area contributed by atoms with Crippen LogP contribution in [0.3, 0.4) is 0 Å². The molecule has 0 spiro atoms. The zero-order chi connectivity index (χ0) is 17.3. The maximum atomic E-state index is 12.6. The van der Waals surface area contributed by atoms with Gasteiger partial charge in [0.2, 0.25) is 0 Å². The van der Waals surface area contributed by atoms with E-state index in [1.54, 1.807) is 35.8 Å². The lowest BCUT2D eigenvalue weighted by atomic mass is 10.2. The van der Waals surface area contributed by atoms with Crippen LogP contribution in [0.2, 0.25) is 0 Å². The number of aromatic nitrogens is 2. The molecule has 0 aromatic carbocycles. The van der Waals surface area contributed by atoms with Crippen molar-refractivity contribution in [2.45, 2.75) is 13.8 Å². The largest absolute Gasteiger partial charge is 0.459 e. The molecule has 2 aromatic rings. The average Bonchev–Trinajstić information content (AvgIpc) is 3.07. The number of H-pyrrole nitrogens is 1. The Hall–Kier alpha value is -2.90. The zero-order valence-electron chi connectivity index (χ0n) is 13.5. The summed E-state index contributed by atoms with van der Waals surface area (Å²) in [4.78, 5) is 46.8. The lowest BCUT2D eigenvalue weighted by Gasteiger charge is -2.34. The van der Waals surface area contributed by atoms with Crippen LogP contribution in [0.4, 0.5) is 0 Å². The Morgan fingerprint density at radius 2 is 1.75 bits per heavy atom. The minimum atomic E-state index is -0.431. The Morgan fingerprint density at radius 3 is 2.29 bits per heavy atom. The average molecular weight is 330 g/mol. The van der Waals surface area contributed by atoms with E-state index < -0.39 is 5.56 Å². The first kappa shape index (κ1) is 16.0. The summed E-state index contributed by atoms with van der Waals surface area (Å²) in [6.45, 7) is 4.81. The molecule has 126 valence electrons. The number of hydrogen-bond acceptors (Lipinski definition) is 5. The van der Waals surface area contributed by atoms with E-state index >= 15 is 0 Å². The van der Waals surface area contributed by atoms with Crippen molar-refractivity contribution in [2.75, 3.05) is 26.2 Å². The molecule has 8 heteroatoms. The van der Waals surface area contributed by atoms with E-state index in [4.69, 9.17) is 4.42 Å². The van der Waals surface area contributed by atoms with Crippen LogP contribution in [0.5, 0.6) is 0 Å². The van der Waals surface area contributed by atoms with Crippen molar-refractivity contribution >= 4 is 11.8 Å². The number of carbonyl (C=O) groups excluding carboxylic acids is 2. The van der Waals surface area contributed by atoms with E-state index in [0.717, 1.165) is 0 Å². The number of furan rings is 1. The summed E-state index contributed by atoms with van der Waals surface area (Å²) in [5.74, 6) is 0.206. The van der Waals surface area contributed by atoms with Crippen LogP contribution in [0.1, 0.15) is 32.4 Å². The van der Waals surface area contributed by atoms with Crippen LogP contribution in [0, 0.1) is 13.8 Å². The number of aromatic amines is 1.